The molecule has 1 saturated heterocycles. The number of anilines is 1. The van der Waals surface area contributed by atoms with Gasteiger partial charge in [0.25, 0.3) is 0 Å². The third-order valence-electron chi connectivity index (χ3n) is 3.66. The summed E-state index contributed by atoms with van der Waals surface area (Å²) in [6, 6.07) is 4.51. The number of amides is 1. The number of piperidine rings is 1. The number of aromatic nitrogens is 1. The Balaban J connectivity index is 1.68. The molecular weight excluding hydrogens is 343 g/mol. The van der Waals surface area contributed by atoms with E-state index in [1.807, 2.05) is 0 Å². The zero-order valence-electron chi connectivity index (χ0n) is 12.7. The molecule has 3 rings (SSSR count). The van der Waals surface area contributed by atoms with E-state index in [0.29, 0.717) is 21.9 Å². The van der Waals surface area contributed by atoms with Gasteiger partial charge >= 0.3 is 6.18 Å². The summed E-state index contributed by atoms with van der Waals surface area (Å²) in [6.07, 6.45) is -2.59. The topological polar surface area (TPSA) is 63.2 Å². The molecule has 0 bridgehead atoms. The molecule has 130 valence electrons. The van der Waals surface area contributed by atoms with Crippen LogP contribution in [-0.2, 0) is 4.79 Å². The SMILES string of the molecule is O=C(Nc1nc2ccc(OCC(F)(F)F)cc2s1)C1CCCNC1. The van der Waals surface area contributed by atoms with Crippen LogP contribution in [-0.4, -0.2) is 36.8 Å². The zero-order chi connectivity index (χ0) is 17.2. The number of benzene rings is 1. The number of ether oxygens (including phenoxy) is 1. The maximum Gasteiger partial charge on any atom is 0.422 e. The van der Waals surface area contributed by atoms with Gasteiger partial charge in [0.05, 0.1) is 16.1 Å². The van der Waals surface area contributed by atoms with Gasteiger partial charge in [0.2, 0.25) is 5.91 Å². The minimum absolute atomic E-state index is 0.0866. The first kappa shape index (κ1) is 17.0. The normalized spacial score (nSPS) is 18.5. The van der Waals surface area contributed by atoms with E-state index in [2.05, 4.69) is 15.6 Å². The molecule has 0 radical (unpaired) electrons. The third kappa shape index (κ3) is 4.35. The van der Waals surface area contributed by atoms with E-state index < -0.39 is 12.8 Å². The first-order valence-electron chi connectivity index (χ1n) is 7.52. The minimum atomic E-state index is -4.38. The van der Waals surface area contributed by atoms with Crippen molar-refractivity contribution >= 4 is 32.6 Å². The lowest BCUT2D eigenvalue weighted by molar-refractivity contribution is -0.153. The summed E-state index contributed by atoms with van der Waals surface area (Å²) in [4.78, 5) is 16.5. The fraction of sp³-hybridized carbons (Fsp3) is 0.467. The Morgan fingerprint density at radius 3 is 3.00 bits per heavy atom. The fourth-order valence-corrected chi connectivity index (χ4v) is 3.39. The van der Waals surface area contributed by atoms with Crippen LogP contribution in [0, 0.1) is 5.92 Å². The van der Waals surface area contributed by atoms with E-state index in [9.17, 15) is 18.0 Å². The molecule has 5 nitrogen and oxygen atoms in total. The van der Waals surface area contributed by atoms with Gasteiger partial charge in [0, 0.05) is 6.54 Å². The highest BCUT2D eigenvalue weighted by molar-refractivity contribution is 7.22. The van der Waals surface area contributed by atoms with Crippen molar-refractivity contribution < 1.29 is 22.7 Å². The Bertz CT molecular complexity index is 726. The van der Waals surface area contributed by atoms with Gasteiger partial charge in [-0.15, -0.1) is 0 Å². The number of hydrogen-bond acceptors (Lipinski definition) is 5. The molecule has 2 heterocycles. The molecule has 0 spiro atoms. The third-order valence-corrected chi connectivity index (χ3v) is 4.59. The molecule has 2 N–H and O–H groups in total. The van der Waals surface area contributed by atoms with E-state index in [0.717, 1.165) is 19.4 Å². The molecule has 1 unspecified atom stereocenters. The highest BCUT2D eigenvalue weighted by Gasteiger charge is 2.28. The summed E-state index contributed by atoms with van der Waals surface area (Å²) < 4.78 is 42.0. The van der Waals surface area contributed by atoms with E-state index in [-0.39, 0.29) is 17.6 Å². The monoisotopic (exact) mass is 359 g/mol. The van der Waals surface area contributed by atoms with E-state index in [1.54, 1.807) is 6.07 Å². The number of thiazole rings is 1. The van der Waals surface area contributed by atoms with Crippen molar-refractivity contribution in [2.75, 3.05) is 25.0 Å². The lowest BCUT2D eigenvalue weighted by Gasteiger charge is -2.21. The van der Waals surface area contributed by atoms with Crippen molar-refractivity contribution in [3.63, 3.8) is 0 Å². The molecule has 2 aromatic rings. The predicted molar refractivity (Wildman–Crippen MR) is 85.4 cm³/mol. The highest BCUT2D eigenvalue weighted by atomic mass is 32.1. The lowest BCUT2D eigenvalue weighted by atomic mass is 9.99. The Hall–Kier alpha value is -1.87. The van der Waals surface area contributed by atoms with Crippen molar-refractivity contribution in [3.05, 3.63) is 18.2 Å². The van der Waals surface area contributed by atoms with Gasteiger partial charge < -0.3 is 15.4 Å². The second kappa shape index (κ2) is 6.94. The molecule has 1 aliphatic rings. The molecule has 1 aromatic carbocycles. The Morgan fingerprint density at radius 2 is 2.29 bits per heavy atom. The molecular formula is C15H16F3N3O2S. The second-order valence-corrected chi connectivity index (χ2v) is 6.62. The zero-order valence-corrected chi connectivity index (χ0v) is 13.5. The number of nitrogens with zero attached hydrogens (tertiary/aromatic N) is 1. The molecule has 1 aromatic heterocycles. The summed E-state index contributed by atoms with van der Waals surface area (Å²) in [7, 11) is 0. The van der Waals surface area contributed by atoms with E-state index in [4.69, 9.17) is 4.74 Å². The van der Waals surface area contributed by atoms with Crippen LogP contribution in [0.1, 0.15) is 12.8 Å². The standard InChI is InChI=1S/C15H16F3N3O2S/c16-15(17,18)8-23-10-3-4-11-12(6-10)24-14(20-11)21-13(22)9-2-1-5-19-7-9/h3-4,6,9,19H,1-2,5,7-8H2,(H,20,21,22). The first-order valence-corrected chi connectivity index (χ1v) is 8.34. The van der Waals surface area contributed by atoms with Crippen LogP contribution in [0.2, 0.25) is 0 Å². The van der Waals surface area contributed by atoms with Crippen molar-refractivity contribution in [2.24, 2.45) is 5.92 Å². The molecule has 1 aliphatic heterocycles. The quantitative estimate of drug-likeness (QED) is 0.880. The van der Waals surface area contributed by atoms with Gasteiger partial charge in [-0.3, -0.25) is 4.79 Å². The molecule has 1 amide bonds. The number of rotatable bonds is 4. The number of fused-ring (bicyclic) bond motifs is 1. The van der Waals surface area contributed by atoms with Crippen LogP contribution in [0.3, 0.4) is 0 Å². The smallest absolute Gasteiger partial charge is 0.422 e. The van der Waals surface area contributed by atoms with Gasteiger partial charge in [-0.05, 0) is 37.6 Å². The summed E-state index contributed by atoms with van der Waals surface area (Å²) >= 11 is 1.21. The van der Waals surface area contributed by atoms with E-state index >= 15 is 0 Å². The number of hydrogen-bond donors (Lipinski definition) is 2. The fourth-order valence-electron chi connectivity index (χ4n) is 2.50. The largest absolute Gasteiger partial charge is 0.484 e. The van der Waals surface area contributed by atoms with Crippen molar-refractivity contribution in [3.8, 4) is 5.75 Å². The minimum Gasteiger partial charge on any atom is -0.484 e. The molecule has 1 fully saturated rings. The van der Waals surface area contributed by atoms with Crippen LogP contribution >= 0.6 is 11.3 Å². The first-order chi connectivity index (χ1) is 11.4. The summed E-state index contributed by atoms with van der Waals surface area (Å²) in [5.74, 6) is -0.0518. The molecule has 1 atom stereocenters. The average molecular weight is 359 g/mol. The Labute approximate surface area is 140 Å². The van der Waals surface area contributed by atoms with Crippen molar-refractivity contribution in [2.45, 2.75) is 19.0 Å². The van der Waals surface area contributed by atoms with Gasteiger partial charge in [0.15, 0.2) is 11.7 Å². The van der Waals surface area contributed by atoms with Gasteiger partial charge in [-0.25, -0.2) is 4.98 Å². The number of carbonyl (C=O) groups excluding carboxylic acids is 1. The lowest BCUT2D eigenvalue weighted by Crippen LogP contribution is -2.37. The van der Waals surface area contributed by atoms with Gasteiger partial charge in [-0.1, -0.05) is 11.3 Å². The molecule has 9 heteroatoms. The Morgan fingerprint density at radius 1 is 1.46 bits per heavy atom. The number of nitrogens with one attached hydrogen (secondary N) is 2. The molecule has 0 saturated carbocycles. The Kier molecular flexibility index (Phi) is 4.91. The highest BCUT2D eigenvalue weighted by Crippen LogP contribution is 2.30. The second-order valence-electron chi connectivity index (χ2n) is 5.58. The molecule has 24 heavy (non-hydrogen) atoms. The summed E-state index contributed by atoms with van der Waals surface area (Å²) in [5.41, 5.74) is 0.608. The van der Waals surface area contributed by atoms with Gasteiger partial charge in [0.1, 0.15) is 5.75 Å². The number of alkyl halides is 3. The van der Waals surface area contributed by atoms with Crippen LogP contribution in [0.25, 0.3) is 10.2 Å². The maximum absolute atomic E-state index is 12.2. The van der Waals surface area contributed by atoms with E-state index in [1.165, 1.54) is 23.5 Å². The van der Waals surface area contributed by atoms with Crippen LogP contribution in [0.15, 0.2) is 18.2 Å². The molecule has 0 aliphatic carbocycles. The maximum atomic E-state index is 12.2. The number of carbonyl (C=O) groups is 1. The van der Waals surface area contributed by atoms with Crippen LogP contribution in [0.4, 0.5) is 18.3 Å². The van der Waals surface area contributed by atoms with Gasteiger partial charge in [-0.2, -0.15) is 13.2 Å². The van der Waals surface area contributed by atoms with Crippen LogP contribution in [0.5, 0.6) is 5.75 Å². The summed E-state index contributed by atoms with van der Waals surface area (Å²) in [5, 5.41) is 6.40. The number of halogens is 3. The van der Waals surface area contributed by atoms with Crippen molar-refractivity contribution in [1.82, 2.24) is 10.3 Å². The summed E-state index contributed by atoms with van der Waals surface area (Å²) in [6.45, 7) is 0.230. The van der Waals surface area contributed by atoms with Crippen molar-refractivity contribution in [1.29, 1.82) is 0 Å². The predicted octanol–water partition coefficient (Wildman–Crippen LogP) is 3.18. The average Bonchev–Trinajstić information content (AvgIpc) is 2.94. The van der Waals surface area contributed by atoms with Crippen LogP contribution < -0.4 is 15.4 Å².